The summed E-state index contributed by atoms with van der Waals surface area (Å²) in [5.74, 6) is -0.228. The van der Waals surface area contributed by atoms with Gasteiger partial charge in [-0.05, 0) is 85.3 Å². The number of rotatable bonds is 8. The Morgan fingerprint density at radius 1 is 1.14 bits per heavy atom. The lowest BCUT2D eigenvalue weighted by molar-refractivity contribution is 0.365. The van der Waals surface area contributed by atoms with Gasteiger partial charge in [0.25, 0.3) is 0 Å². The van der Waals surface area contributed by atoms with Gasteiger partial charge in [0.1, 0.15) is 5.82 Å². The molecule has 0 heterocycles. The second kappa shape index (κ2) is 10.3. The van der Waals surface area contributed by atoms with Crippen LogP contribution >= 0.6 is 11.8 Å². The number of halogens is 1. The lowest BCUT2D eigenvalue weighted by Gasteiger charge is -2.18. The second-order valence-electron chi connectivity index (χ2n) is 8.68. The Bertz CT molecular complexity index is 876. The van der Waals surface area contributed by atoms with E-state index in [1.54, 1.807) is 12.1 Å². The predicted molar refractivity (Wildman–Crippen MR) is 129 cm³/mol. The number of nitrogens with zero attached hydrogens (tertiary/aromatic N) is 1. The van der Waals surface area contributed by atoms with Crippen molar-refractivity contribution < 1.29 is 4.39 Å². The maximum atomic E-state index is 14.5. The van der Waals surface area contributed by atoms with E-state index in [0.29, 0.717) is 5.65 Å². The molecule has 0 bridgehead atoms. The minimum Gasteiger partial charge on any atom is -0.263 e. The molecular formula is C25H31BFNS. The first kappa shape index (κ1) is 23.5. The molecule has 0 fully saturated rings. The van der Waals surface area contributed by atoms with Gasteiger partial charge in [-0.2, -0.15) is 0 Å². The highest BCUT2D eigenvalue weighted by Gasteiger charge is 2.17. The van der Waals surface area contributed by atoms with Gasteiger partial charge in [0.2, 0.25) is 0 Å². The third-order valence-corrected chi connectivity index (χ3v) is 5.82. The Labute approximate surface area is 181 Å². The fourth-order valence-electron chi connectivity index (χ4n) is 3.57. The van der Waals surface area contributed by atoms with Crippen molar-refractivity contribution >= 4 is 36.9 Å². The van der Waals surface area contributed by atoms with Crippen molar-refractivity contribution in [1.82, 2.24) is 0 Å². The highest BCUT2D eigenvalue weighted by Crippen LogP contribution is 2.38. The maximum absolute atomic E-state index is 14.5. The first-order valence-corrected chi connectivity index (χ1v) is 11.0. The lowest BCUT2D eigenvalue weighted by atomic mass is 9.89. The second-order valence-corrected chi connectivity index (χ2v) is 9.71. The Kier molecular flexibility index (Phi) is 8.33. The zero-order chi connectivity index (χ0) is 21.6. The summed E-state index contributed by atoms with van der Waals surface area (Å²) in [7, 11) is 5.89. The van der Waals surface area contributed by atoms with Crippen molar-refractivity contribution in [2.24, 2.45) is 10.4 Å². The Morgan fingerprint density at radius 3 is 2.34 bits per heavy atom. The number of hydrogen-bond donors (Lipinski definition) is 0. The van der Waals surface area contributed by atoms with Gasteiger partial charge >= 0.3 is 0 Å². The van der Waals surface area contributed by atoms with Crippen LogP contribution in [0.1, 0.15) is 61.4 Å². The summed E-state index contributed by atoms with van der Waals surface area (Å²) in [5.41, 5.74) is 6.52. The third-order valence-electron chi connectivity index (χ3n) is 4.93. The summed E-state index contributed by atoms with van der Waals surface area (Å²) in [6.45, 7) is 14.6. The Hall–Kier alpha value is -1.81. The fraction of sp³-hybridized carbons (Fsp3) is 0.400. The molecule has 4 heteroatoms. The number of benzene rings is 2. The van der Waals surface area contributed by atoms with E-state index in [0.717, 1.165) is 57.7 Å². The highest BCUT2D eigenvalue weighted by atomic mass is 32.2. The topological polar surface area (TPSA) is 12.4 Å². The molecule has 0 amide bonds. The van der Waals surface area contributed by atoms with Crippen LogP contribution < -0.4 is 0 Å². The Morgan fingerprint density at radius 2 is 1.79 bits per heavy atom. The summed E-state index contributed by atoms with van der Waals surface area (Å²) in [6.07, 6.45) is 2.97. The molecule has 2 aromatic carbocycles. The summed E-state index contributed by atoms with van der Waals surface area (Å²) in [6, 6.07) is 11.4. The minimum atomic E-state index is -0.228. The molecule has 2 radical (unpaired) electrons. The van der Waals surface area contributed by atoms with Gasteiger partial charge in [-0.3, -0.25) is 4.99 Å². The smallest absolute Gasteiger partial charge is 0.124 e. The van der Waals surface area contributed by atoms with Crippen LogP contribution in [-0.2, 0) is 6.42 Å². The van der Waals surface area contributed by atoms with Crippen LogP contribution in [0.15, 0.2) is 41.4 Å². The molecule has 0 aliphatic heterocycles. The SMILES string of the molecule is [B]CS/C(=C(\N=C)c1c(C)cccc1C)c1cc(F)cc(CCCC(C)(C)C)c1. The van der Waals surface area contributed by atoms with Crippen LogP contribution in [0.25, 0.3) is 10.6 Å². The standard InChI is InChI=1S/C25H31BFNS/c1-17-9-7-10-18(2)22(17)23(28-6)24(29-16-26)20-13-19(14-21(27)15-20)11-8-12-25(3,4)5/h7,9-10,13-15H,6,8,11-12,16H2,1-5H3/b24-23-. The molecule has 29 heavy (non-hydrogen) atoms. The molecule has 2 aromatic rings. The zero-order valence-electron chi connectivity index (χ0n) is 18.3. The van der Waals surface area contributed by atoms with E-state index < -0.39 is 0 Å². The molecular weight excluding hydrogens is 376 g/mol. The summed E-state index contributed by atoms with van der Waals surface area (Å²) < 4.78 is 14.5. The number of aliphatic imine (C=N–C) groups is 1. The van der Waals surface area contributed by atoms with Gasteiger partial charge in [-0.15, -0.1) is 11.8 Å². The molecule has 152 valence electrons. The van der Waals surface area contributed by atoms with Gasteiger partial charge in [0.05, 0.1) is 13.5 Å². The molecule has 0 N–H and O–H groups in total. The highest BCUT2D eigenvalue weighted by molar-refractivity contribution is 8.09. The van der Waals surface area contributed by atoms with E-state index in [2.05, 4.69) is 64.5 Å². The van der Waals surface area contributed by atoms with Gasteiger partial charge < -0.3 is 0 Å². The van der Waals surface area contributed by atoms with E-state index in [9.17, 15) is 4.39 Å². The molecule has 2 rings (SSSR count). The van der Waals surface area contributed by atoms with Gasteiger partial charge in [-0.25, -0.2) is 4.39 Å². The van der Waals surface area contributed by atoms with Gasteiger partial charge in [-0.1, -0.05) is 45.0 Å². The quantitative estimate of drug-likeness (QED) is 0.256. The minimum absolute atomic E-state index is 0.228. The van der Waals surface area contributed by atoms with E-state index in [4.69, 9.17) is 7.85 Å². The van der Waals surface area contributed by atoms with Crippen molar-refractivity contribution in [1.29, 1.82) is 0 Å². The number of aryl methyl sites for hydroxylation is 3. The van der Waals surface area contributed by atoms with E-state index in [-0.39, 0.29) is 11.2 Å². The van der Waals surface area contributed by atoms with Crippen LogP contribution in [-0.4, -0.2) is 20.2 Å². The van der Waals surface area contributed by atoms with Crippen molar-refractivity contribution in [2.45, 2.75) is 53.9 Å². The Balaban J connectivity index is 2.54. The van der Waals surface area contributed by atoms with Crippen LogP contribution in [0.2, 0.25) is 0 Å². The zero-order valence-corrected chi connectivity index (χ0v) is 19.1. The number of thioether (sulfide) groups is 1. The molecule has 0 spiro atoms. The van der Waals surface area contributed by atoms with Gasteiger partial charge in [0, 0.05) is 10.5 Å². The van der Waals surface area contributed by atoms with Crippen molar-refractivity contribution in [3.05, 3.63) is 70.0 Å². The average Bonchev–Trinajstić information content (AvgIpc) is 2.62. The molecule has 0 aliphatic rings. The van der Waals surface area contributed by atoms with Crippen molar-refractivity contribution in [3.63, 3.8) is 0 Å². The monoisotopic (exact) mass is 407 g/mol. The summed E-state index contributed by atoms with van der Waals surface area (Å²) in [5, 5.41) is 0. The summed E-state index contributed by atoms with van der Waals surface area (Å²) in [4.78, 5) is 5.23. The molecule has 0 atom stereocenters. The molecule has 0 aliphatic carbocycles. The number of hydrogen-bond acceptors (Lipinski definition) is 2. The van der Waals surface area contributed by atoms with Crippen LogP contribution in [0.4, 0.5) is 4.39 Å². The first-order valence-electron chi connectivity index (χ1n) is 10.1. The first-order chi connectivity index (χ1) is 13.7. The van der Waals surface area contributed by atoms with Crippen LogP contribution in [0.5, 0.6) is 0 Å². The van der Waals surface area contributed by atoms with Crippen LogP contribution in [0.3, 0.4) is 0 Å². The van der Waals surface area contributed by atoms with E-state index in [1.807, 2.05) is 6.07 Å². The van der Waals surface area contributed by atoms with Crippen LogP contribution in [0, 0.1) is 25.1 Å². The molecule has 0 unspecified atom stereocenters. The largest absolute Gasteiger partial charge is 0.263 e. The lowest BCUT2D eigenvalue weighted by Crippen LogP contribution is -2.05. The average molecular weight is 407 g/mol. The van der Waals surface area contributed by atoms with Crippen molar-refractivity contribution in [2.75, 3.05) is 5.65 Å². The van der Waals surface area contributed by atoms with E-state index in [1.165, 1.54) is 11.8 Å². The molecule has 0 saturated heterocycles. The fourth-order valence-corrected chi connectivity index (χ4v) is 4.33. The maximum Gasteiger partial charge on any atom is 0.124 e. The normalized spacial score (nSPS) is 12.6. The molecule has 1 nitrogen and oxygen atoms in total. The molecule has 0 saturated carbocycles. The summed E-state index contributed by atoms with van der Waals surface area (Å²) >= 11 is 1.48. The molecule has 0 aromatic heterocycles. The predicted octanol–water partition coefficient (Wildman–Crippen LogP) is 7.20. The third kappa shape index (κ3) is 6.60. The van der Waals surface area contributed by atoms with Crippen molar-refractivity contribution in [3.8, 4) is 0 Å². The van der Waals surface area contributed by atoms with E-state index >= 15 is 0 Å². The van der Waals surface area contributed by atoms with Gasteiger partial charge in [0.15, 0.2) is 0 Å².